The van der Waals surface area contributed by atoms with Crippen LogP contribution in [0.1, 0.15) is 30.9 Å². The van der Waals surface area contributed by atoms with Crippen LogP contribution in [-0.2, 0) is 0 Å². The smallest absolute Gasteiger partial charge is 0.145 e. The van der Waals surface area contributed by atoms with Crippen LogP contribution in [0.4, 0.5) is 4.39 Å². The summed E-state index contributed by atoms with van der Waals surface area (Å²) in [6, 6.07) is 3.41. The Morgan fingerprint density at radius 1 is 1.47 bits per heavy atom. The number of benzene rings is 1. The standard InChI is InChI=1S/C12H15ClFN/c1-8(2)10-6-9(4-3-5-15)7-11(13)12(10)14/h3-4,6-8H,5,15H2,1-2H3/b4-3+. The molecule has 0 unspecified atom stereocenters. The highest BCUT2D eigenvalue weighted by molar-refractivity contribution is 6.31. The van der Waals surface area contributed by atoms with Crippen LogP contribution in [0.15, 0.2) is 18.2 Å². The van der Waals surface area contributed by atoms with Gasteiger partial charge in [-0.15, -0.1) is 0 Å². The molecular weight excluding hydrogens is 213 g/mol. The molecule has 2 N–H and O–H groups in total. The van der Waals surface area contributed by atoms with Gasteiger partial charge in [0.15, 0.2) is 0 Å². The molecule has 1 aromatic carbocycles. The van der Waals surface area contributed by atoms with Crippen molar-refractivity contribution in [1.82, 2.24) is 0 Å². The summed E-state index contributed by atoms with van der Waals surface area (Å²) in [4.78, 5) is 0. The molecule has 1 aromatic rings. The largest absolute Gasteiger partial charge is 0.327 e. The van der Waals surface area contributed by atoms with Gasteiger partial charge in [-0.1, -0.05) is 37.6 Å². The highest BCUT2D eigenvalue weighted by Gasteiger charge is 2.11. The van der Waals surface area contributed by atoms with Gasteiger partial charge in [0.25, 0.3) is 0 Å². The zero-order valence-electron chi connectivity index (χ0n) is 8.93. The first kappa shape index (κ1) is 12.2. The highest BCUT2D eigenvalue weighted by atomic mass is 35.5. The van der Waals surface area contributed by atoms with Crippen LogP contribution in [0.3, 0.4) is 0 Å². The molecule has 0 aliphatic rings. The van der Waals surface area contributed by atoms with Gasteiger partial charge < -0.3 is 5.73 Å². The minimum atomic E-state index is -0.323. The molecule has 0 aliphatic heterocycles. The summed E-state index contributed by atoms with van der Waals surface area (Å²) in [6.45, 7) is 4.34. The average Bonchev–Trinajstić information content (AvgIpc) is 2.19. The number of hydrogen-bond acceptors (Lipinski definition) is 1. The fraction of sp³-hybridized carbons (Fsp3) is 0.333. The SMILES string of the molecule is CC(C)c1cc(/C=C/CN)cc(Cl)c1F. The molecule has 0 saturated carbocycles. The first-order valence-electron chi connectivity index (χ1n) is 4.91. The second-order valence-electron chi connectivity index (χ2n) is 3.70. The van der Waals surface area contributed by atoms with Crippen LogP contribution in [0.25, 0.3) is 6.08 Å². The Balaban J connectivity index is 3.17. The maximum atomic E-state index is 13.6. The average molecular weight is 228 g/mol. The monoisotopic (exact) mass is 227 g/mol. The lowest BCUT2D eigenvalue weighted by atomic mass is 10.00. The Labute approximate surface area is 94.7 Å². The van der Waals surface area contributed by atoms with Crippen molar-refractivity contribution >= 4 is 17.7 Å². The summed E-state index contributed by atoms with van der Waals surface area (Å²) in [7, 11) is 0. The minimum Gasteiger partial charge on any atom is -0.327 e. The van der Waals surface area contributed by atoms with Crippen molar-refractivity contribution in [3.8, 4) is 0 Å². The predicted octanol–water partition coefficient (Wildman–Crippen LogP) is 3.57. The Hall–Kier alpha value is -0.860. The summed E-state index contributed by atoms with van der Waals surface area (Å²) < 4.78 is 13.6. The van der Waals surface area contributed by atoms with E-state index in [0.717, 1.165) is 5.56 Å². The molecule has 1 rings (SSSR count). The Kier molecular flexibility index (Phi) is 4.30. The van der Waals surface area contributed by atoms with Crippen molar-refractivity contribution in [2.24, 2.45) is 5.73 Å². The molecule has 3 heteroatoms. The molecule has 0 bridgehead atoms. The van der Waals surface area contributed by atoms with Gasteiger partial charge in [0.2, 0.25) is 0 Å². The molecule has 0 aliphatic carbocycles. The number of nitrogens with two attached hydrogens (primary N) is 1. The van der Waals surface area contributed by atoms with Crippen molar-refractivity contribution in [1.29, 1.82) is 0 Å². The van der Waals surface area contributed by atoms with E-state index >= 15 is 0 Å². The van der Waals surface area contributed by atoms with E-state index in [0.29, 0.717) is 12.1 Å². The van der Waals surface area contributed by atoms with Crippen LogP contribution in [0, 0.1) is 5.82 Å². The van der Waals surface area contributed by atoms with Gasteiger partial charge in [0, 0.05) is 6.54 Å². The van der Waals surface area contributed by atoms with Gasteiger partial charge in [-0.3, -0.25) is 0 Å². The first-order valence-corrected chi connectivity index (χ1v) is 5.29. The normalized spacial score (nSPS) is 11.6. The second kappa shape index (κ2) is 5.29. The number of halogens is 2. The lowest BCUT2D eigenvalue weighted by Crippen LogP contribution is -1.96. The van der Waals surface area contributed by atoms with Crippen LogP contribution in [0.2, 0.25) is 5.02 Å². The fourth-order valence-electron chi connectivity index (χ4n) is 1.35. The van der Waals surface area contributed by atoms with Gasteiger partial charge in [-0.2, -0.15) is 0 Å². The Morgan fingerprint density at radius 3 is 2.67 bits per heavy atom. The maximum Gasteiger partial charge on any atom is 0.145 e. The van der Waals surface area contributed by atoms with Crippen molar-refractivity contribution in [2.75, 3.05) is 6.54 Å². The van der Waals surface area contributed by atoms with E-state index in [2.05, 4.69) is 0 Å². The van der Waals surface area contributed by atoms with Gasteiger partial charge in [-0.05, 0) is 29.2 Å². The van der Waals surface area contributed by atoms with E-state index in [1.165, 1.54) is 0 Å². The number of rotatable bonds is 3. The molecule has 0 radical (unpaired) electrons. The van der Waals surface area contributed by atoms with Crippen molar-refractivity contribution in [3.05, 3.63) is 40.2 Å². The van der Waals surface area contributed by atoms with E-state index in [4.69, 9.17) is 17.3 Å². The zero-order valence-corrected chi connectivity index (χ0v) is 9.68. The van der Waals surface area contributed by atoms with E-state index in [1.54, 1.807) is 12.1 Å². The lowest BCUT2D eigenvalue weighted by Gasteiger charge is -2.09. The molecular formula is C12H15ClFN. The van der Waals surface area contributed by atoms with Crippen LogP contribution < -0.4 is 5.73 Å². The molecule has 0 spiro atoms. The van der Waals surface area contributed by atoms with Crippen LogP contribution >= 0.6 is 11.6 Å². The van der Waals surface area contributed by atoms with Crippen molar-refractivity contribution < 1.29 is 4.39 Å². The predicted molar refractivity (Wildman–Crippen MR) is 63.6 cm³/mol. The summed E-state index contributed by atoms with van der Waals surface area (Å²) in [5, 5.41) is 0.165. The van der Waals surface area contributed by atoms with Gasteiger partial charge >= 0.3 is 0 Å². The molecule has 0 heterocycles. The van der Waals surface area contributed by atoms with Gasteiger partial charge in [-0.25, -0.2) is 4.39 Å². The molecule has 1 nitrogen and oxygen atoms in total. The van der Waals surface area contributed by atoms with Gasteiger partial charge in [0.05, 0.1) is 5.02 Å². The third-order valence-corrected chi connectivity index (χ3v) is 2.42. The highest BCUT2D eigenvalue weighted by Crippen LogP contribution is 2.26. The Morgan fingerprint density at radius 2 is 2.13 bits per heavy atom. The lowest BCUT2D eigenvalue weighted by molar-refractivity contribution is 0.598. The topological polar surface area (TPSA) is 26.0 Å². The van der Waals surface area contributed by atoms with Crippen LogP contribution in [0.5, 0.6) is 0 Å². The molecule has 0 amide bonds. The molecule has 0 aromatic heterocycles. The summed E-state index contributed by atoms with van der Waals surface area (Å²) >= 11 is 5.80. The van der Waals surface area contributed by atoms with Crippen LogP contribution in [-0.4, -0.2) is 6.54 Å². The fourth-order valence-corrected chi connectivity index (χ4v) is 1.59. The van der Waals surface area contributed by atoms with E-state index in [-0.39, 0.29) is 16.8 Å². The molecule has 0 atom stereocenters. The van der Waals surface area contributed by atoms with Gasteiger partial charge in [0.1, 0.15) is 5.82 Å². The second-order valence-corrected chi connectivity index (χ2v) is 4.11. The van der Waals surface area contributed by atoms with E-state index in [1.807, 2.05) is 26.0 Å². The molecule has 0 fully saturated rings. The molecule has 82 valence electrons. The summed E-state index contributed by atoms with van der Waals surface area (Å²) in [5.74, 6) is -0.203. The molecule has 15 heavy (non-hydrogen) atoms. The Bertz CT molecular complexity index is 372. The summed E-state index contributed by atoms with van der Waals surface area (Å²) in [6.07, 6.45) is 3.66. The maximum absolute atomic E-state index is 13.6. The zero-order chi connectivity index (χ0) is 11.4. The first-order chi connectivity index (χ1) is 7.06. The van der Waals surface area contributed by atoms with E-state index in [9.17, 15) is 4.39 Å². The summed E-state index contributed by atoms with van der Waals surface area (Å²) in [5.41, 5.74) is 6.87. The molecule has 0 saturated heterocycles. The minimum absolute atomic E-state index is 0.119. The third kappa shape index (κ3) is 3.05. The van der Waals surface area contributed by atoms with Crippen molar-refractivity contribution in [3.63, 3.8) is 0 Å². The van der Waals surface area contributed by atoms with E-state index < -0.39 is 0 Å². The number of hydrogen-bond donors (Lipinski definition) is 1. The third-order valence-electron chi connectivity index (χ3n) is 2.15. The quantitative estimate of drug-likeness (QED) is 0.840. The van der Waals surface area contributed by atoms with Crippen molar-refractivity contribution in [2.45, 2.75) is 19.8 Å².